The molecule has 1 aliphatic heterocycles. The molecule has 144 valence electrons. The monoisotopic (exact) mass is 368 g/mol. The molecule has 1 N–H and O–H groups in total. The molecule has 27 heavy (non-hydrogen) atoms. The van der Waals surface area contributed by atoms with Gasteiger partial charge in [0.25, 0.3) is 0 Å². The van der Waals surface area contributed by atoms with Gasteiger partial charge in [-0.25, -0.2) is 0 Å². The molecule has 0 unspecified atom stereocenters. The number of H-pyrrole nitrogens is 1. The normalized spacial score (nSPS) is 19.4. The lowest BCUT2D eigenvalue weighted by Crippen LogP contribution is -2.50. The molecule has 1 aliphatic carbocycles. The van der Waals surface area contributed by atoms with Crippen LogP contribution in [0.2, 0.25) is 0 Å². The van der Waals surface area contributed by atoms with E-state index in [1.54, 1.807) is 7.11 Å². The predicted molar refractivity (Wildman–Crippen MR) is 105 cm³/mol. The molecule has 0 radical (unpaired) electrons. The van der Waals surface area contributed by atoms with Crippen LogP contribution in [-0.2, 0) is 11.3 Å². The molecule has 1 saturated carbocycles. The largest absolute Gasteiger partial charge is 0.497 e. The standard InChI is InChI=1S/C21H28N4O2/c1-27-19-9-7-18(8-10-19)25-12-11-24(15-20(25)26)14-17-13-22-23-21(17)16-5-3-2-4-6-16/h7-10,13,16H,2-6,11-12,14-15H2,1H3,(H,22,23). The molecular weight excluding hydrogens is 340 g/mol. The maximum absolute atomic E-state index is 12.7. The molecule has 2 heterocycles. The highest BCUT2D eigenvalue weighted by Gasteiger charge is 2.27. The van der Waals surface area contributed by atoms with Crippen LogP contribution < -0.4 is 9.64 Å². The summed E-state index contributed by atoms with van der Waals surface area (Å²) in [5.41, 5.74) is 3.49. The molecule has 2 aromatic rings. The summed E-state index contributed by atoms with van der Waals surface area (Å²) < 4.78 is 5.20. The van der Waals surface area contributed by atoms with Crippen molar-refractivity contribution in [3.05, 3.63) is 41.7 Å². The number of hydrogen-bond donors (Lipinski definition) is 1. The van der Waals surface area contributed by atoms with E-state index in [1.165, 1.54) is 43.4 Å². The number of amides is 1. The molecule has 6 heteroatoms. The van der Waals surface area contributed by atoms with Crippen molar-refractivity contribution in [2.24, 2.45) is 0 Å². The third-order valence-electron chi connectivity index (χ3n) is 5.84. The Kier molecular flexibility index (Phi) is 5.43. The fourth-order valence-electron chi connectivity index (χ4n) is 4.32. The fraction of sp³-hybridized carbons (Fsp3) is 0.524. The Morgan fingerprint density at radius 2 is 1.93 bits per heavy atom. The average Bonchev–Trinajstić information content (AvgIpc) is 3.17. The third-order valence-corrected chi connectivity index (χ3v) is 5.84. The Labute approximate surface area is 160 Å². The van der Waals surface area contributed by atoms with E-state index in [9.17, 15) is 4.79 Å². The molecular formula is C21H28N4O2. The van der Waals surface area contributed by atoms with E-state index in [0.29, 0.717) is 19.0 Å². The highest BCUT2D eigenvalue weighted by molar-refractivity contribution is 5.95. The molecule has 0 spiro atoms. The molecule has 1 saturated heterocycles. The Bertz CT molecular complexity index is 765. The second-order valence-electron chi connectivity index (χ2n) is 7.60. The second kappa shape index (κ2) is 8.13. The quantitative estimate of drug-likeness (QED) is 0.879. The highest BCUT2D eigenvalue weighted by atomic mass is 16.5. The summed E-state index contributed by atoms with van der Waals surface area (Å²) in [4.78, 5) is 16.8. The van der Waals surface area contributed by atoms with E-state index in [2.05, 4.69) is 15.1 Å². The van der Waals surface area contributed by atoms with Crippen LogP contribution in [0.1, 0.15) is 49.3 Å². The van der Waals surface area contributed by atoms with Crippen molar-refractivity contribution < 1.29 is 9.53 Å². The van der Waals surface area contributed by atoms with Crippen LogP contribution in [0.5, 0.6) is 5.75 Å². The van der Waals surface area contributed by atoms with Gasteiger partial charge >= 0.3 is 0 Å². The zero-order valence-electron chi connectivity index (χ0n) is 16.0. The number of nitrogens with one attached hydrogen (secondary N) is 1. The van der Waals surface area contributed by atoms with Gasteiger partial charge in [-0.2, -0.15) is 5.10 Å². The number of piperazine rings is 1. The predicted octanol–water partition coefficient (Wildman–Crippen LogP) is 3.31. The van der Waals surface area contributed by atoms with Crippen molar-refractivity contribution in [3.8, 4) is 5.75 Å². The summed E-state index contributed by atoms with van der Waals surface area (Å²) >= 11 is 0. The second-order valence-corrected chi connectivity index (χ2v) is 7.60. The lowest BCUT2D eigenvalue weighted by molar-refractivity contribution is -0.121. The fourth-order valence-corrected chi connectivity index (χ4v) is 4.32. The van der Waals surface area contributed by atoms with Crippen molar-refractivity contribution in [3.63, 3.8) is 0 Å². The summed E-state index contributed by atoms with van der Waals surface area (Å²) in [7, 11) is 1.65. The van der Waals surface area contributed by atoms with Crippen LogP contribution in [-0.4, -0.2) is 47.7 Å². The molecule has 4 rings (SSSR count). The Morgan fingerprint density at radius 1 is 1.15 bits per heavy atom. The lowest BCUT2D eigenvalue weighted by atomic mass is 9.85. The highest BCUT2D eigenvalue weighted by Crippen LogP contribution is 2.33. The number of aromatic amines is 1. The third kappa shape index (κ3) is 4.00. The van der Waals surface area contributed by atoms with Crippen LogP contribution in [0.25, 0.3) is 0 Å². The van der Waals surface area contributed by atoms with Crippen molar-refractivity contribution >= 4 is 11.6 Å². The van der Waals surface area contributed by atoms with Gasteiger partial charge < -0.3 is 9.64 Å². The van der Waals surface area contributed by atoms with Gasteiger partial charge in [0, 0.05) is 42.5 Å². The first kappa shape index (κ1) is 18.0. The van der Waals surface area contributed by atoms with Crippen LogP contribution >= 0.6 is 0 Å². The molecule has 1 aromatic carbocycles. The summed E-state index contributed by atoms with van der Waals surface area (Å²) in [6.07, 6.45) is 8.41. The molecule has 0 atom stereocenters. The van der Waals surface area contributed by atoms with Gasteiger partial charge in [-0.15, -0.1) is 0 Å². The van der Waals surface area contributed by atoms with Crippen LogP contribution in [0.4, 0.5) is 5.69 Å². The van der Waals surface area contributed by atoms with E-state index < -0.39 is 0 Å². The SMILES string of the molecule is COc1ccc(N2CCN(Cc3cn[nH]c3C3CCCCC3)CC2=O)cc1. The molecule has 2 fully saturated rings. The zero-order valence-corrected chi connectivity index (χ0v) is 16.0. The minimum atomic E-state index is 0.147. The maximum atomic E-state index is 12.7. The van der Waals surface area contributed by atoms with Gasteiger partial charge in [0.2, 0.25) is 5.91 Å². The number of aromatic nitrogens is 2. The van der Waals surface area contributed by atoms with Gasteiger partial charge in [0.05, 0.1) is 19.9 Å². The molecule has 2 aliphatic rings. The number of nitrogens with zero attached hydrogens (tertiary/aromatic N) is 3. The molecule has 1 aromatic heterocycles. The van der Waals surface area contributed by atoms with Crippen molar-refractivity contribution in [2.45, 2.75) is 44.6 Å². The lowest BCUT2D eigenvalue weighted by Gasteiger charge is -2.34. The summed E-state index contributed by atoms with van der Waals surface area (Å²) in [5, 5.41) is 7.54. The Morgan fingerprint density at radius 3 is 2.63 bits per heavy atom. The Hall–Kier alpha value is -2.34. The van der Waals surface area contributed by atoms with Gasteiger partial charge in [0.15, 0.2) is 0 Å². The minimum Gasteiger partial charge on any atom is -0.497 e. The number of benzene rings is 1. The van der Waals surface area contributed by atoms with Crippen LogP contribution in [0.3, 0.4) is 0 Å². The number of hydrogen-bond acceptors (Lipinski definition) is 4. The van der Waals surface area contributed by atoms with Gasteiger partial charge in [-0.1, -0.05) is 19.3 Å². The van der Waals surface area contributed by atoms with Crippen molar-refractivity contribution in [2.75, 3.05) is 31.6 Å². The number of carbonyl (C=O) groups is 1. The summed E-state index contributed by atoms with van der Waals surface area (Å²) in [6.45, 7) is 2.82. The number of methoxy groups -OCH3 is 1. The molecule has 6 nitrogen and oxygen atoms in total. The van der Waals surface area contributed by atoms with E-state index in [1.807, 2.05) is 35.4 Å². The summed E-state index contributed by atoms with van der Waals surface area (Å²) in [6, 6.07) is 7.70. The maximum Gasteiger partial charge on any atom is 0.241 e. The Balaban J connectivity index is 1.39. The van der Waals surface area contributed by atoms with E-state index in [-0.39, 0.29) is 5.91 Å². The van der Waals surface area contributed by atoms with E-state index in [4.69, 9.17) is 4.74 Å². The smallest absolute Gasteiger partial charge is 0.241 e. The van der Waals surface area contributed by atoms with Crippen molar-refractivity contribution in [1.82, 2.24) is 15.1 Å². The van der Waals surface area contributed by atoms with Crippen LogP contribution in [0, 0.1) is 0 Å². The van der Waals surface area contributed by atoms with E-state index >= 15 is 0 Å². The minimum absolute atomic E-state index is 0.147. The summed E-state index contributed by atoms with van der Waals surface area (Å²) in [5.74, 6) is 1.56. The zero-order chi connectivity index (χ0) is 18.6. The first-order valence-electron chi connectivity index (χ1n) is 9.93. The van der Waals surface area contributed by atoms with Gasteiger partial charge in [0.1, 0.15) is 5.75 Å². The first-order chi connectivity index (χ1) is 13.2. The number of anilines is 1. The number of ether oxygens (including phenoxy) is 1. The first-order valence-corrected chi connectivity index (χ1v) is 9.93. The number of rotatable bonds is 5. The molecule has 0 bridgehead atoms. The molecule has 1 amide bonds. The van der Waals surface area contributed by atoms with Gasteiger partial charge in [-0.05, 0) is 37.1 Å². The van der Waals surface area contributed by atoms with Crippen LogP contribution in [0.15, 0.2) is 30.5 Å². The van der Waals surface area contributed by atoms with Crippen molar-refractivity contribution in [1.29, 1.82) is 0 Å². The number of carbonyl (C=O) groups excluding carboxylic acids is 1. The van der Waals surface area contributed by atoms with Gasteiger partial charge in [-0.3, -0.25) is 14.8 Å². The van der Waals surface area contributed by atoms with E-state index in [0.717, 1.165) is 24.5 Å². The topological polar surface area (TPSA) is 61.5 Å². The average molecular weight is 368 g/mol.